The van der Waals surface area contributed by atoms with Gasteiger partial charge >= 0.3 is 0 Å². The molecular formula is C18H20O3S. The molecule has 3 nitrogen and oxygen atoms in total. The summed E-state index contributed by atoms with van der Waals surface area (Å²) in [6.07, 6.45) is 6.56. The Hall–Kier alpha value is -1.10. The highest BCUT2D eigenvalue weighted by molar-refractivity contribution is 8.00. The van der Waals surface area contributed by atoms with Crippen molar-refractivity contribution in [1.82, 2.24) is 0 Å². The molecule has 1 spiro atoms. The summed E-state index contributed by atoms with van der Waals surface area (Å²) >= 11 is 1.73. The molecule has 2 fully saturated rings. The summed E-state index contributed by atoms with van der Waals surface area (Å²) in [7, 11) is 0. The van der Waals surface area contributed by atoms with E-state index in [-0.39, 0.29) is 17.1 Å². The van der Waals surface area contributed by atoms with Crippen LogP contribution in [0.5, 0.6) is 0 Å². The van der Waals surface area contributed by atoms with Crippen LogP contribution in [0.25, 0.3) is 0 Å². The summed E-state index contributed by atoms with van der Waals surface area (Å²) in [6, 6.07) is 10.2. The molecule has 1 aromatic carbocycles. The molecule has 0 aromatic heterocycles. The fraction of sp³-hybridized carbons (Fsp3) is 0.500. The van der Waals surface area contributed by atoms with Gasteiger partial charge in [-0.05, 0) is 25.0 Å². The summed E-state index contributed by atoms with van der Waals surface area (Å²) in [5, 5.41) is 0.0395. The molecule has 116 valence electrons. The molecule has 1 saturated heterocycles. The first-order valence-corrected chi connectivity index (χ1v) is 8.85. The molecule has 2 aliphatic carbocycles. The van der Waals surface area contributed by atoms with Crippen LogP contribution >= 0.6 is 11.8 Å². The quantitative estimate of drug-likeness (QED) is 0.783. The van der Waals surface area contributed by atoms with Gasteiger partial charge in [-0.1, -0.05) is 30.4 Å². The lowest BCUT2D eigenvalue weighted by Gasteiger charge is -2.48. The number of carbonyl (C=O) groups excluding carboxylic acids is 1. The van der Waals surface area contributed by atoms with E-state index >= 15 is 0 Å². The predicted octanol–water partition coefficient (Wildman–Crippen LogP) is 3.45. The van der Waals surface area contributed by atoms with Gasteiger partial charge in [0.25, 0.3) is 0 Å². The summed E-state index contributed by atoms with van der Waals surface area (Å²) in [4.78, 5) is 13.8. The van der Waals surface area contributed by atoms with E-state index in [1.165, 1.54) is 4.90 Å². The zero-order chi connectivity index (χ0) is 15.0. The number of Topliss-reactive ketones (excluding diaryl/α,β-unsaturated/α-hetero) is 1. The minimum atomic E-state index is -0.593. The highest BCUT2D eigenvalue weighted by Crippen LogP contribution is 2.52. The number of ketones is 1. The van der Waals surface area contributed by atoms with E-state index in [0.717, 1.165) is 12.8 Å². The first kappa shape index (κ1) is 14.5. The predicted molar refractivity (Wildman–Crippen MR) is 85.7 cm³/mol. The third kappa shape index (κ3) is 2.34. The molecule has 0 amide bonds. The van der Waals surface area contributed by atoms with Crippen LogP contribution < -0.4 is 0 Å². The Kier molecular flexibility index (Phi) is 3.84. The van der Waals surface area contributed by atoms with Gasteiger partial charge in [-0.2, -0.15) is 0 Å². The highest BCUT2D eigenvalue weighted by atomic mass is 32.2. The van der Waals surface area contributed by atoms with E-state index in [0.29, 0.717) is 25.4 Å². The van der Waals surface area contributed by atoms with E-state index in [1.54, 1.807) is 11.8 Å². The largest absolute Gasteiger partial charge is 0.346 e. The molecule has 22 heavy (non-hydrogen) atoms. The molecule has 1 heterocycles. The van der Waals surface area contributed by atoms with Crippen LogP contribution in [0.15, 0.2) is 47.4 Å². The lowest BCUT2D eigenvalue weighted by Crippen LogP contribution is -2.57. The lowest BCUT2D eigenvalue weighted by atomic mass is 9.68. The number of hydrogen-bond acceptors (Lipinski definition) is 4. The number of fused-ring (bicyclic) bond motifs is 2. The van der Waals surface area contributed by atoms with Gasteiger partial charge in [0, 0.05) is 23.2 Å². The standard InChI is InChI=1S/C18H20O3S/c19-16-12-17(22-13-6-2-1-3-7-13)18(20-10-11-21-18)15-9-5-4-8-14(15)16/h1-7,14-15,17H,8-12H2/t14-,15+,17+/m1/s1. The maximum atomic E-state index is 12.6. The fourth-order valence-corrected chi connectivity index (χ4v) is 5.33. The third-order valence-electron chi connectivity index (χ3n) is 4.96. The molecule has 4 heteroatoms. The molecule has 0 bridgehead atoms. The summed E-state index contributed by atoms with van der Waals surface area (Å²) in [5.74, 6) is -0.00480. The normalized spacial score (nSPS) is 33.1. The molecular weight excluding hydrogens is 296 g/mol. The number of allylic oxidation sites excluding steroid dienone is 2. The van der Waals surface area contributed by atoms with Crippen LogP contribution in [0.3, 0.4) is 0 Å². The summed E-state index contributed by atoms with van der Waals surface area (Å²) in [6.45, 7) is 1.26. The Balaban J connectivity index is 1.67. The SMILES string of the molecule is O=C1C[C@H](Sc2ccccc2)C2(OCCO2)[C@H]2CC=CC[C@@H]12. The lowest BCUT2D eigenvalue weighted by molar-refractivity contribution is -0.218. The highest BCUT2D eigenvalue weighted by Gasteiger charge is 2.58. The first-order chi connectivity index (χ1) is 10.8. The summed E-state index contributed by atoms with van der Waals surface area (Å²) < 4.78 is 12.3. The molecule has 1 saturated carbocycles. The molecule has 1 aliphatic heterocycles. The molecule has 3 aliphatic rings. The van der Waals surface area contributed by atoms with Gasteiger partial charge in [0.05, 0.1) is 18.5 Å². The maximum absolute atomic E-state index is 12.6. The molecule has 4 rings (SSSR count). The van der Waals surface area contributed by atoms with E-state index in [2.05, 4.69) is 24.3 Å². The Labute approximate surface area is 135 Å². The Morgan fingerprint density at radius 1 is 1.05 bits per heavy atom. The smallest absolute Gasteiger partial charge is 0.184 e. The van der Waals surface area contributed by atoms with Gasteiger partial charge in [-0.3, -0.25) is 4.79 Å². The van der Waals surface area contributed by atoms with Crippen LogP contribution in [0, 0.1) is 11.8 Å². The van der Waals surface area contributed by atoms with Crippen LogP contribution in [0.2, 0.25) is 0 Å². The van der Waals surface area contributed by atoms with E-state index in [4.69, 9.17) is 9.47 Å². The number of thioether (sulfide) groups is 1. The number of rotatable bonds is 2. The van der Waals surface area contributed by atoms with Gasteiger partial charge in [0.2, 0.25) is 0 Å². The van der Waals surface area contributed by atoms with Gasteiger partial charge in [-0.15, -0.1) is 11.8 Å². The van der Waals surface area contributed by atoms with Crippen molar-refractivity contribution in [2.45, 2.75) is 35.2 Å². The zero-order valence-electron chi connectivity index (χ0n) is 12.4. The van der Waals surface area contributed by atoms with Crippen molar-refractivity contribution in [3.05, 3.63) is 42.5 Å². The second-order valence-electron chi connectivity index (χ2n) is 6.16. The minimum Gasteiger partial charge on any atom is -0.346 e. The molecule has 0 N–H and O–H groups in total. The van der Waals surface area contributed by atoms with Crippen molar-refractivity contribution >= 4 is 17.5 Å². The maximum Gasteiger partial charge on any atom is 0.184 e. The fourth-order valence-electron chi connectivity index (χ4n) is 3.96. The molecule has 0 radical (unpaired) electrons. The number of carbonyl (C=O) groups is 1. The van der Waals surface area contributed by atoms with Crippen LogP contribution in [0.1, 0.15) is 19.3 Å². The van der Waals surface area contributed by atoms with Crippen molar-refractivity contribution in [3.63, 3.8) is 0 Å². The molecule has 0 unspecified atom stereocenters. The average molecular weight is 316 g/mol. The van der Waals surface area contributed by atoms with E-state index < -0.39 is 5.79 Å². The van der Waals surface area contributed by atoms with Gasteiger partial charge < -0.3 is 9.47 Å². The van der Waals surface area contributed by atoms with Crippen LogP contribution in [-0.2, 0) is 14.3 Å². The van der Waals surface area contributed by atoms with Crippen LogP contribution in [-0.4, -0.2) is 30.0 Å². The minimum absolute atomic E-state index is 0.0395. The van der Waals surface area contributed by atoms with Gasteiger partial charge in [0.15, 0.2) is 5.79 Å². The van der Waals surface area contributed by atoms with Crippen molar-refractivity contribution in [2.75, 3.05) is 13.2 Å². The van der Waals surface area contributed by atoms with Crippen molar-refractivity contribution in [2.24, 2.45) is 11.8 Å². The molecule has 1 aromatic rings. The zero-order valence-corrected chi connectivity index (χ0v) is 13.3. The van der Waals surface area contributed by atoms with Crippen LogP contribution in [0.4, 0.5) is 0 Å². The Bertz CT molecular complexity index is 577. The number of ether oxygens (including phenoxy) is 2. The number of benzene rings is 1. The number of hydrogen-bond donors (Lipinski definition) is 0. The second-order valence-corrected chi connectivity index (χ2v) is 7.44. The monoisotopic (exact) mass is 316 g/mol. The topological polar surface area (TPSA) is 35.5 Å². The summed E-state index contributed by atoms with van der Waals surface area (Å²) in [5.41, 5.74) is 0. The Morgan fingerprint density at radius 2 is 1.77 bits per heavy atom. The van der Waals surface area contributed by atoms with Crippen molar-refractivity contribution in [1.29, 1.82) is 0 Å². The third-order valence-corrected chi connectivity index (χ3v) is 6.28. The van der Waals surface area contributed by atoms with Crippen molar-refractivity contribution in [3.8, 4) is 0 Å². The second kappa shape index (κ2) is 5.84. The Morgan fingerprint density at radius 3 is 2.55 bits per heavy atom. The molecule has 3 atom stereocenters. The van der Waals surface area contributed by atoms with Gasteiger partial charge in [-0.25, -0.2) is 0 Å². The van der Waals surface area contributed by atoms with E-state index in [9.17, 15) is 4.79 Å². The van der Waals surface area contributed by atoms with E-state index in [1.807, 2.05) is 18.2 Å². The van der Waals surface area contributed by atoms with Crippen molar-refractivity contribution < 1.29 is 14.3 Å². The average Bonchev–Trinajstić information content (AvgIpc) is 3.05. The van der Waals surface area contributed by atoms with Gasteiger partial charge in [0.1, 0.15) is 5.78 Å². The first-order valence-electron chi connectivity index (χ1n) is 7.97.